The first-order chi connectivity index (χ1) is 5.29. The SMILES string of the molecule is Cc1n[c-]cc2c1n[c-]n2C.[W].[Y]. The summed E-state index contributed by atoms with van der Waals surface area (Å²) < 4.78 is 1.83. The number of aryl methyl sites for hydroxylation is 2. The Bertz CT molecular complexity index is 399. The predicted octanol–water partition coefficient (Wildman–Crippen LogP) is 0.872. The second kappa shape index (κ2) is 5.33. The molecule has 13 heavy (non-hydrogen) atoms. The van der Waals surface area contributed by atoms with Crippen LogP contribution in [-0.4, -0.2) is 14.5 Å². The number of nitrogens with zero attached hydrogens (tertiary/aromatic N) is 3. The van der Waals surface area contributed by atoms with Crippen molar-refractivity contribution >= 4 is 11.0 Å². The molecule has 2 heterocycles. The smallest absolute Gasteiger partial charge is 0.000236 e. The quantitative estimate of drug-likeness (QED) is 0.596. The Balaban J connectivity index is 0.000000720. The van der Waals surface area contributed by atoms with E-state index in [1.807, 2.05) is 24.6 Å². The minimum atomic E-state index is 0. The Morgan fingerprint density at radius 3 is 2.69 bits per heavy atom. The Labute approximate surface area is 116 Å². The summed E-state index contributed by atoms with van der Waals surface area (Å²) in [4.78, 5) is 8.07. The monoisotopic (exact) mass is 418 g/mol. The molecule has 1 radical (unpaired) electrons. The molecule has 0 saturated heterocycles. The van der Waals surface area contributed by atoms with E-state index < -0.39 is 0 Å². The Morgan fingerprint density at radius 1 is 1.38 bits per heavy atom. The van der Waals surface area contributed by atoms with Gasteiger partial charge in [-0.2, -0.15) is 0 Å². The van der Waals surface area contributed by atoms with Crippen LogP contribution in [0.15, 0.2) is 6.07 Å². The fourth-order valence-corrected chi connectivity index (χ4v) is 1.07. The van der Waals surface area contributed by atoms with Crippen LogP contribution in [-0.2, 0) is 60.8 Å². The molecule has 0 aliphatic rings. The van der Waals surface area contributed by atoms with Gasteiger partial charge in [-0.05, 0) is 7.05 Å². The number of hydrogen-bond donors (Lipinski definition) is 0. The van der Waals surface area contributed by atoms with E-state index in [0.29, 0.717) is 0 Å². The van der Waals surface area contributed by atoms with Crippen LogP contribution < -0.4 is 0 Å². The molecule has 65 valence electrons. The van der Waals surface area contributed by atoms with Crippen LogP contribution in [0.4, 0.5) is 0 Å². The second-order valence-electron chi connectivity index (χ2n) is 2.48. The number of aromatic nitrogens is 3. The van der Waals surface area contributed by atoms with Crippen molar-refractivity contribution in [3.63, 3.8) is 0 Å². The number of rotatable bonds is 0. The van der Waals surface area contributed by atoms with Gasteiger partial charge in [0.05, 0.1) is 0 Å². The summed E-state index contributed by atoms with van der Waals surface area (Å²) in [6.07, 6.45) is 5.62. The summed E-state index contributed by atoms with van der Waals surface area (Å²) in [5.74, 6) is 0. The minimum Gasteiger partial charge on any atom is -0.452 e. The van der Waals surface area contributed by atoms with Gasteiger partial charge < -0.3 is 14.5 Å². The Kier molecular flexibility index (Phi) is 5.50. The van der Waals surface area contributed by atoms with Gasteiger partial charge in [0, 0.05) is 60.1 Å². The van der Waals surface area contributed by atoms with E-state index in [-0.39, 0.29) is 53.8 Å². The molecule has 5 heteroatoms. The van der Waals surface area contributed by atoms with Crippen molar-refractivity contribution in [3.05, 3.63) is 24.3 Å². The molecular weight excluding hydrogens is 411 g/mol. The van der Waals surface area contributed by atoms with E-state index in [1.54, 1.807) is 0 Å². The van der Waals surface area contributed by atoms with Gasteiger partial charge in [-0.3, -0.25) is 0 Å². The van der Waals surface area contributed by atoms with Crippen LogP contribution in [0.3, 0.4) is 0 Å². The molecule has 0 bridgehead atoms. The average molecular weight is 418 g/mol. The molecule has 0 fully saturated rings. The third-order valence-corrected chi connectivity index (χ3v) is 1.69. The van der Waals surface area contributed by atoms with Gasteiger partial charge in [-0.15, -0.1) is 22.8 Å². The van der Waals surface area contributed by atoms with Crippen molar-refractivity contribution in [2.45, 2.75) is 6.92 Å². The maximum atomic E-state index is 4.07. The van der Waals surface area contributed by atoms with Crippen LogP contribution in [0.5, 0.6) is 0 Å². The molecule has 3 nitrogen and oxygen atoms in total. The van der Waals surface area contributed by atoms with Gasteiger partial charge in [-0.1, -0.05) is 13.1 Å². The van der Waals surface area contributed by atoms with Crippen molar-refractivity contribution in [1.82, 2.24) is 14.5 Å². The Morgan fingerprint density at radius 2 is 2.08 bits per heavy atom. The van der Waals surface area contributed by atoms with E-state index in [2.05, 4.69) is 22.5 Å². The van der Waals surface area contributed by atoms with Crippen LogP contribution in [0.1, 0.15) is 5.69 Å². The van der Waals surface area contributed by atoms with E-state index in [9.17, 15) is 0 Å². The summed E-state index contributed by atoms with van der Waals surface area (Å²) in [6.45, 7) is 1.92. The van der Waals surface area contributed by atoms with Gasteiger partial charge in [0.2, 0.25) is 0 Å². The third kappa shape index (κ3) is 2.45. The largest absolute Gasteiger partial charge is 0.452 e. The van der Waals surface area contributed by atoms with Crippen molar-refractivity contribution in [1.29, 1.82) is 0 Å². The molecule has 0 aliphatic heterocycles. The topological polar surface area (TPSA) is 30.7 Å². The second-order valence-corrected chi connectivity index (χ2v) is 2.48. The maximum absolute atomic E-state index is 4.07. The normalized spacial score (nSPS) is 9.08. The van der Waals surface area contributed by atoms with Crippen molar-refractivity contribution < 1.29 is 53.8 Å². The summed E-state index contributed by atoms with van der Waals surface area (Å²) >= 11 is 0. The zero-order chi connectivity index (χ0) is 7.84. The van der Waals surface area contributed by atoms with E-state index in [0.717, 1.165) is 16.7 Å². The zero-order valence-corrected chi connectivity index (χ0v) is 13.2. The van der Waals surface area contributed by atoms with Crippen molar-refractivity contribution in [2.75, 3.05) is 0 Å². The molecular formula is C8H7N3WY-2. The molecule has 0 unspecified atom stereocenters. The summed E-state index contributed by atoms with van der Waals surface area (Å²) in [6, 6.07) is 1.81. The average Bonchev–Trinajstić information content (AvgIpc) is 2.35. The molecule has 0 aliphatic carbocycles. The number of imidazole rings is 1. The summed E-state index contributed by atoms with van der Waals surface area (Å²) in [5.41, 5.74) is 2.84. The van der Waals surface area contributed by atoms with Crippen LogP contribution >= 0.6 is 0 Å². The van der Waals surface area contributed by atoms with E-state index >= 15 is 0 Å². The van der Waals surface area contributed by atoms with Crippen LogP contribution in [0.2, 0.25) is 0 Å². The first-order valence-corrected chi connectivity index (χ1v) is 3.37. The standard InChI is InChI=1S/C8H7N3.W.Y/c1-6-8-7(3-4-9-6)11(2)5-10-8;;/h3H,1-2H3;;/q-2;;. The molecule has 0 amide bonds. The van der Waals surface area contributed by atoms with E-state index in [1.165, 1.54) is 0 Å². The Hall–Kier alpha value is 0.412. The molecule has 2 rings (SSSR count). The maximum Gasteiger partial charge on any atom is 0.000236 e. The molecule has 0 aromatic carbocycles. The van der Waals surface area contributed by atoms with Gasteiger partial charge >= 0.3 is 0 Å². The van der Waals surface area contributed by atoms with Gasteiger partial charge in [0.25, 0.3) is 0 Å². The van der Waals surface area contributed by atoms with Crippen molar-refractivity contribution in [3.8, 4) is 0 Å². The zero-order valence-electron chi connectivity index (χ0n) is 7.40. The van der Waals surface area contributed by atoms with Crippen molar-refractivity contribution in [2.24, 2.45) is 7.05 Å². The summed E-state index contributed by atoms with van der Waals surface area (Å²) in [5, 5.41) is 0. The number of pyridine rings is 1. The number of hydrogen-bond acceptors (Lipinski definition) is 2. The summed E-state index contributed by atoms with van der Waals surface area (Å²) in [7, 11) is 1.91. The van der Waals surface area contributed by atoms with Gasteiger partial charge in [-0.25, -0.2) is 0 Å². The van der Waals surface area contributed by atoms with Gasteiger partial charge in [0.15, 0.2) is 0 Å². The predicted molar refractivity (Wildman–Crippen MR) is 40.9 cm³/mol. The minimum absolute atomic E-state index is 0. The fraction of sp³-hybridized carbons (Fsp3) is 0.250. The molecule has 0 atom stereocenters. The first-order valence-electron chi connectivity index (χ1n) is 3.37. The van der Waals surface area contributed by atoms with Gasteiger partial charge in [0.1, 0.15) is 0 Å². The van der Waals surface area contributed by atoms with Crippen LogP contribution in [0.25, 0.3) is 11.0 Å². The number of fused-ring (bicyclic) bond motifs is 1. The molecule has 0 N–H and O–H groups in total. The third-order valence-electron chi connectivity index (χ3n) is 1.69. The molecule has 2 aromatic rings. The van der Waals surface area contributed by atoms with E-state index in [4.69, 9.17) is 0 Å². The first kappa shape index (κ1) is 13.4. The fourth-order valence-electron chi connectivity index (χ4n) is 1.07. The molecule has 2 aromatic heterocycles. The van der Waals surface area contributed by atoms with Crippen LogP contribution in [0, 0.1) is 19.4 Å². The molecule has 0 saturated carbocycles. The molecule has 0 spiro atoms.